The lowest BCUT2D eigenvalue weighted by Gasteiger charge is -2.09. The molecule has 0 fully saturated rings. The number of hydrogen-bond acceptors (Lipinski definition) is 3. The molecule has 2 aromatic rings. The largest absolute Gasteiger partial charge is 0.480 e. The molecule has 1 heterocycles. The first kappa shape index (κ1) is 12.3. The van der Waals surface area contributed by atoms with Gasteiger partial charge in [-0.05, 0) is 30.7 Å². The van der Waals surface area contributed by atoms with Crippen LogP contribution in [-0.4, -0.2) is 26.9 Å². The van der Waals surface area contributed by atoms with Gasteiger partial charge in [0.2, 0.25) is 0 Å². The lowest BCUT2D eigenvalue weighted by molar-refractivity contribution is -0.139. The van der Waals surface area contributed by atoms with Gasteiger partial charge in [0.1, 0.15) is 6.04 Å². The van der Waals surface area contributed by atoms with Crippen LogP contribution < -0.4 is 5.32 Å². The van der Waals surface area contributed by atoms with E-state index in [1.54, 1.807) is 17.8 Å². The summed E-state index contributed by atoms with van der Waals surface area (Å²) in [5.41, 5.74) is 2.02. The van der Waals surface area contributed by atoms with E-state index in [-0.39, 0.29) is 0 Å². The van der Waals surface area contributed by atoms with Gasteiger partial charge >= 0.3 is 5.97 Å². The second-order valence-corrected chi connectivity index (χ2v) is 4.06. The molecule has 0 spiro atoms. The van der Waals surface area contributed by atoms with Gasteiger partial charge in [0.15, 0.2) is 0 Å². The predicted molar refractivity (Wildman–Crippen MR) is 67.5 cm³/mol. The number of aliphatic carboxylic acids is 1. The van der Waals surface area contributed by atoms with Crippen molar-refractivity contribution in [3.63, 3.8) is 0 Å². The number of carboxylic acids is 1. The monoisotopic (exact) mass is 245 g/mol. The van der Waals surface area contributed by atoms with Gasteiger partial charge in [-0.25, -0.2) is 4.68 Å². The van der Waals surface area contributed by atoms with Crippen LogP contribution >= 0.6 is 0 Å². The summed E-state index contributed by atoms with van der Waals surface area (Å²) in [6.07, 6.45) is 3.60. The van der Waals surface area contributed by atoms with Gasteiger partial charge in [0, 0.05) is 18.9 Å². The van der Waals surface area contributed by atoms with Crippen molar-refractivity contribution < 1.29 is 9.90 Å². The molecule has 0 saturated heterocycles. The smallest absolute Gasteiger partial charge is 0.320 e. The van der Waals surface area contributed by atoms with E-state index in [0.29, 0.717) is 6.54 Å². The molecule has 2 rings (SSSR count). The molecule has 5 nitrogen and oxygen atoms in total. The maximum atomic E-state index is 10.7. The number of nitrogens with zero attached hydrogens (tertiary/aromatic N) is 2. The van der Waals surface area contributed by atoms with Crippen LogP contribution in [0.4, 0.5) is 0 Å². The molecule has 0 saturated carbocycles. The highest BCUT2D eigenvalue weighted by Gasteiger charge is 2.08. The van der Waals surface area contributed by atoms with E-state index in [0.717, 1.165) is 11.3 Å². The summed E-state index contributed by atoms with van der Waals surface area (Å²) >= 11 is 0. The summed E-state index contributed by atoms with van der Waals surface area (Å²) in [5.74, 6) is -0.844. The topological polar surface area (TPSA) is 67.2 Å². The average Bonchev–Trinajstić information content (AvgIpc) is 2.90. The maximum absolute atomic E-state index is 10.7. The molecule has 0 aliphatic heterocycles. The fraction of sp³-hybridized carbons (Fsp3) is 0.231. The van der Waals surface area contributed by atoms with Crippen LogP contribution in [-0.2, 0) is 11.3 Å². The van der Waals surface area contributed by atoms with Gasteiger partial charge in [-0.15, -0.1) is 0 Å². The van der Waals surface area contributed by atoms with E-state index in [9.17, 15) is 4.79 Å². The summed E-state index contributed by atoms with van der Waals surface area (Å²) in [6.45, 7) is 2.16. The molecule has 94 valence electrons. The first-order valence-corrected chi connectivity index (χ1v) is 5.72. The van der Waals surface area contributed by atoms with Crippen molar-refractivity contribution in [2.75, 3.05) is 0 Å². The Hall–Kier alpha value is -2.14. The minimum absolute atomic E-state index is 0.535. The van der Waals surface area contributed by atoms with Gasteiger partial charge in [-0.2, -0.15) is 5.10 Å². The third-order valence-corrected chi connectivity index (χ3v) is 2.69. The number of hydrogen-bond donors (Lipinski definition) is 2. The minimum Gasteiger partial charge on any atom is -0.480 e. The van der Waals surface area contributed by atoms with Gasteiger partial charge in [0.05, 0.1) is 5.69 Å². The van der Waals surface area contributed by atoms with E-state index < -0.39 is 12.0 Å². The van der Waals surface area contributed by atoms with Crippen LogP contribution in [0.15, 0.2) is 42.7 Å². The number of aromatic nitrogens is 2. The molecule has 0 aliphatic rings. The summed E-state index contributed by atoms with van der Waals surface area (Å²) in [4.78, 5) is 10.7. The van der Waals surface area contributed by atoms with Crippen molar-refractivity contribution in [3.8, 4) is 5.69 Å². The van der Waals surface area contributed by atoms with Crippen LogP contribution in [0.3, 0.4) is 0 Å². The first-order chi connectivity index (χ1) is 8.66. The molecule has 18 heavy (non-hydrogen) atoms. The Kier molecular flexibility index (Phi) is 3.74. The van der Waals surface area contributed by atoms with E-state index >= 15 is 0 Å². The van der Waals surface area contributed by atoms with E-state index in [4.69, 9.17) is 5.11 Å². The normalized spacial score (nSPS) is 12.3. The van der Waals surface area contributed by atoms with Gasteiger partial charge in [-0.1, -0.05) is 12.1 Å². The maximum Gasteiger partial charge on any atom is 0.320 e. The van der Waals surface area contributed by atoms with E-state index in [1.807, 2.05) is 36.5 Å². The predicted octanol–water partition coefficient (Wildman–Crippen LogP) is 1.44. The highest BCUT2D eigenvalue weighted by molar-refractivity contribution is 5.72. The quantitative estimate of drug-likeness (QED) is 0.836. The van der Waals surface area contributed by atoms with Gasteiger partial charge in [-0.3, -0.25) is 4.79 Å². The molecular formula is C13H15N3O2. The Bertz CT molecular complexity index is 506. The van der Waals surface area contributed by atoms with Crippen molar-refractivity contribution in [3.05, 3.63) is 48.3 Å². The zero-order valence-electron chi connectivity index (χ0n) is 10.1. The molecule has 0 bridgehead atoms. The second-order valence-electron chi connectivity index (χ2n) is 4.06. The van der Waals surface area contributed by atoms with Crippen molar-refractivity contribution in [1.82, 2.24) is 15.1 Å². The van der Waals surface area contributed by atoms with Crippen molar-refractivity contribution in [1.29, 1.82) is 0 Å². The number of rotatable bonds is 5. The Morgan fingerprint density at radius 2 is 2.17 bits per heavy atom. The zero-order valence-corrected chi connectivity index (χ0v) is 10.1. The van der Waals surface area contributed by atoms with Crippen LogP contribution in [0.1, 0.15) is 12.5 Å². The molecule has 1 aromatic heterocycles. The van der Waals surface area contributed by atoms with Crippen molar-refractivity contribution in [2.24, 2.45) is 0 Å². The summed E-state index contributed by atoms with van der Waals surface area (Å²) < 4.78 is 1.77. The van der Waals surface area contributed by atoms with Gasteiger partial charge in [0.25, 0.3) is 0 Å². The molecule has 5 heteroatoms. The lowest BCUT2D eigenvalue weighted by Crippen LogP contribution is -2.33. The Labute approximate surface area is 105 Å². The van der Waals surface area contributed by atoms with Crippen LogP contribution in [0.2, 0.25) is 0 Å². The number of nitrogens with one attached hydrogen (secondary N) is 1. The molecule has 0 radical (unpaired) electrons. The summed E-state index contributed by atoms with van der Waals surface area (Å²) in [5, 5.41) is 15.8. The van der Waals surface area contributed by atoms with Crippen LogP contribution in [0, 0.1) is 0 Å². The Balaban J connectivity index is 1.98. The van der Waals surface area contributed by atoms with Gasteiger partial charge < -0.3 is 10.4 Å². The molecule has 1 atom stereocenters. The Morgan fingerprint density at radius 1 is 1.44 bits per heavy atom. The highest BCUT2D eigenvalue weighted by Crippen LogP contribution is 2.08. The third kappa shape index (κ3) is 2.95. The SMILES string of the molecule is C[C@@H](NCc1ccc(-n2cccn2)cc1)C(=O)O. The summed E-state index contributed by atoms with van der Waals surface area (Å²) in [6, 6.07) is 9.14. The second kappa shape index (κ2) is 5.46. The lowest BCUT2D eigenvalue weighted by atomic mass is 10.2. The van der Waals surface area contributed by atoms with Crippen molar-refractivity contribution in [2.45, 2.75) is 19.5 Å². The van der Waals surface area contributed by atoms with E-state index in [1.165, 1.54) is 0 Å². The Morgan fingerprint density at radius 3 is 2.72 bits per heavy atom. The summed E-state index contributed by atoms with van der Waals surface area (Å²) in [7, 11) is 0. The highest BCUT2D eigenvalue weighted by atomic mass is 16.4. The van der Waals surface area contributed by atoms with E-state index in [2.05, 4.69) is 10.4 Å². The fourth-order valence-corrected chi connectivity index (χ4v) is 1.55. The number of carbonyl (C=O) groups is 1. The average molecular weight is 245 g/mol. The first-order valence-electron chi connectivity index (χ1n) is 5.72. The molecule has 0 amide bonds. The molecule has 0 aliphatic carbocycles. The number of carboxylic acid groups (broad SMARTS) is 1. The molecule has 0 unspecified atom stereocenters. The minimum atomic E-state index is -0.844. The van der Waals surface area contributed by atoms with Crippen LogP contribution in [0.5, 0.6) is 0 Å². The molecule has 2 N–H and O–H groups in total. The number of benzene rings is 1. The van der Waals surface area contributed by atoms with Crippen molar-refractivity contribution >= 4 is 5.97 Å². The van der Waals surface area contributed by atoms with Crippen LogP contribution in [0.25, 0.3) is 5.69 Å². The molecular weight excluding hydrogens is 230 g/mol. The fourth-order valence-electron chi connectivity index (χ4n) is 1.55. The zero-order chi connectivity index (χ0) is 13.0. The molecule has 1 aromatic carbocycles. The third-order valence-electron chi connectivity index (χ3n) is 2.69. The standard InChI is InChI=1S/C13H15N3O2/c1-10(13(17)18)14-9-11-3-5-12(6-4-11)16-8-2-7-15-16/h2-8,10,14H,9H2,1H3,(H,17,18)/t10-/m1/s1.